The van der Waals surface area contributed by atoms with Crippen LogP contribution in [-0.4, -0.2) is 11.7 Å². The van der Waals surface area contributed by atoms with Crippen molar-refractivity contribution in [3.05, 3.63) is 50.6 Å². The zero-order valence-corrected chi connectivity index (χ0v) is 11.6. The fourth-order valence-corrected chi connectivity index (χ4v) is 2.71. The molecule has 1 aromatic heterocycles. The molecule has 0 spiro atoms. The number of halogens is 1. The molecule has 1 heterocycles. The van der Waals surface area contributed by atoms with E-state index in [9.17, 15) is 0 Å². The van der Waals surface area contributed by atoms with Gasteiger partial charge in [-0.3, -0.25) is 0 Å². The number of ether oxygens (including phenoxy) is 1. The molecule has 0 radical (unpaired) electrons. The van der Waals surface area contributed by atoms with Crippen LogP contribution in [0.5, 0.6) is 5.75 Å². The first-order chi connectivity index (χ1) is 8.29. The first-order valence-corrected chi connectivity index (χ1v) is 7.01. The Hall–Kier alpha value is -0.840. The number of hydrogen-bond donors (Lipinski definition) is 1. The van der Waals surface area contributed by atoms with Gasteiger partial charge in [0, 0.05) is 11.3 Å². The monoisotopic (exact) mass is 312 g/mol. The molecule has 0 bridgehead atoms. The van der Waals surface area contributed by atoms with E-state index in [-0.39, 0.29) is 6.61 Å². The molecular formula is C13H13BrO2S. The number of aliphatic hydroxyl groups is 1. The number of thiophene rings is 1. The van der Waals surface area contributed by atoms with Crippen molar-refractivity contribution in [1.29, 1.82) is 0 Å². The summed E-state index contributed by atoms with van der Waals surface area (Å²) in [7, 11) is 0. The first-order valence-electron chi connectivity index (χ1n) is 5.34. The van der Waals surface area contributed by atoms with Crippen molar-refractivity contribution in [3.63, 3.8) is 0 Å². The molecule has 2 nitrogen and oxygen atoms in total. The summed E-state index contributed by atoms with van der Waals surface area (Å²) in [5, 5.41) is 11.1. The van der Waals surface area contributed by atoms with Gasteiger partial charge >= 0.3 is 0 Å². The van der Waals surface area contributed by atoms with Crippen LogP contribution in [0.25, 0.3) is 0 Å². The highest BCUT2D eigenvalue weighted by molar-refractivity contribution is 9.10. The predicted octanol–water partition coefficient (Wildman–Crippen LogP) is 3.62. The summed E-state index contributed by atoms with van der Waals surface area (Å²) in [4.78, 5) is 1.33. The third-order valence-electron chi connectivity index (χ3n) is 2.36. The molecule has 17 heavy (non-hydrogen) atoms. The van der Waals surface area contributed by atoms with Crippen LogP contribution in [0.15, 0.2) is 40.2 Å². The van der Waals surface area contributed by atoms with Crippen LogP contribution < -0.4 is 4.74 Å². The molecule has 0 amide bonds. The third kappa shape index (κ3) is 3.56. The van der Waals surface area contributed by atoms with Gasteiger partial charge in [-0.15, -0.1) is 11.3 Å². The van der Waals surface area contributed by atoms with Crippen molar-refractivity contribution in [2.45, 2.75) is 13.0 Å². The van der Waals surface area contributed by atoms with Crippen LogP contribution in [0.1, 0.15) is 10.4 Å². The van der Waals surface area contributed by atoms with Gasteiger partial charge < -0.3 is 9.84 Å². The van der Waals surface area contributed by atoms with Gasteiger partial charge in [0.05, 0.1) is 17.7 Å². The van der Waals surface area contributed by atoms with Crippen LogP contribution in [-0.2, 0) is 13.0 Å². The number of hydrogen-bond acceptors (Lipinski definition) is 3. The minimum Gasteiger partial charge on any atom is -0.492 e. The molecule has 4 heteroatoms. The molecule has 0 atom stereocenters. The standard InChI is InChI=1S/C13H13BrO2S/c14-12-8-10(9-15)3-4-13(12)16-6-5-11-2-1-7-17-11/h1-4,7-8,15H,5-6,9H2. The van der Waals surface area contributed by atoms with Gasteiger partial charge in [0.25, 0.3) is 0 Å². The van der Waals surface area contributed by atoms with Gasteiger partial charge in [0.15, 0.2) is 0 Å². The highest BCUT2D eigenvalue weighted by Crippen LogP contribution is 2.26. The Morgan fingerprint density at radius 2 is 2.18 bits per heavy atom. The van der Waals surface area contributed by atoms with E-state index in [4.69, 9.17) is 9.84 Å². The van der Waals surface area contributed by atoms with E-state index in [1.807, 2.05) is 24.3 Å². The number of benzene rings is 1. The van der Waals surface area contributed by atoms with Crippen LogP contribution in [0.2, 0.25) is 0 Å². The molecule has 1 aromatic carbocycles. The first kappa shape index (κ1) is 12.6. The zero-order chi connectivity index (χ0) is 12.1. The Labute approximate surface area is 113 Å². The third-order valence-corrected chi connectivity index (χ3v) is 3.92. The highest BCUT2D eigenvalue weighted by Gasteiger charge is 2.02. The smallest absolute Gasteiger partial charge is 0.133 e. The van der Waals surface area contributed by atoms with Gasteiger partial charge in [-0.1, -0.05) is 12.1 Å². The lowest BCUT2D eigenvalue weighted by atomic mass is 10.2. The molecule has 0 saturated carbocycles. The fourth-order valence-electron chi connectivity index (χ4n) is 1.48. The Morgan fingerprint density at radius 1 is 1.29 bits per heavy atom. The molecule has 0 fully saturated rings. The minimum absolute atomic E-state index is 0.0497. The summed E-state index contributed by atoms with van der Waals surface area (Å²) >= 11 is 5.18. The summed E-state index contributed by atoms with van der Waals surface area (Å²) in [6, 6.07) is 9.78. The van der Waals surface area contributed by atoms with E-state index < -0.39 is 0 Å². The maximum atomic E-state index is 8.99. The van der Waals surface area contributed by atoms with E-state index in [0.717, 1.165) is 22.2 Å². The lowest BCUT2D eigenvalue weighted by Gasteiger charge is -2.08. The quantitative estimate of drug-likeness (QED) is 0.913. The van der Waals surface area contributed by atoms with Crippen molar-refractivity contribution in [2.24, 2.45) is 0 Å². The van der Waals surface area contributed by atoms with Crippen molar-refractivity contribution in [2.75, 3.05) is 6.61 Å². The molecule has 0 aliphatic rings. The van der Waals surface area contributed by atoms with E-state index >= 15 is 0 Å². The van der Waals surface area contributed by atoms with Crippen molar-refractivity contribution in [1.82, 2.24) is 0 Å². The normalized spacial score (nSPS) is 10.5. The van der Waals surface area contributed by atoms with E-state index in [1.54, 1.807) is 11.3 Å². The Kier molecular flexibility index (Phi) is 4.59. The Bertz CT molecular complexity index is 468. The van der Waals surface area contributed by atoms with Gasteiger partial charge in [0.2, 0.25) is 0 Å². The molecular weight excluding hydrogens is 300 g/mol. The van der Waals surface area contributed by atoms with Crippen molar-refractivity contribution >= 4 is 27.3 Å². The zero-order valence-electron chi connectivity index (χ0n) is 9.23. The summed E-state index contributed by atoms with van der Waals surface area (Å²) in [5.41, 5.74) is 0.877. The highest BCUT2D eigenvalue weighted by atomic mass is 79.9. The van der Waals surface area contributed by atoms with Gasteiger partial charge in [-0.2, -0.15) is 0 Å². The average molecular weight is 313 g/mol. The molecule has 0 aliphatic heterocycles. The van der Waals surface area contributed by atoms with E-state index in [0.29, 0.717) is 6.61 Å². The number of rotatable bonds is 5. The van der Waals surface area contributed by atoms with Crippen molar-refractivity contribution < 1.29 is 9.84 Å². The molecule has 0 aliphatic carbocycles. The summed E-state index contributed by atoms with van der Waals surface area (Å²) in [5.74, 6) is 0.818. The summed E-state index contributed by atoms with van der Waals surface area (Å²) in [6.45, 7) is 0.714. The van der Waals surface area contributed by atoms with Crippen LogP contribution in [0.4, 0.5) is 0 Å². The van der Waals surface area contributed by atoms with E-state index in [1.165, 1.54) is 4.88 Å². The summed E-state index contributed by atoms with van der Waals surface area (Å²) in [6.07, 6.45) is 0.922. The SMILES string of the molecule is OCc1ccc(OCCc2cccs2)c(Br)c1. The van der Waals surface area contributed by atoms with Gasteiger partial charge in [0.1, 0.15) is 5.75 Å². The lowest BCUT2D eigenvalue weighted by molar-refractivity contribution is 0.281. The molecule has 90 valence electrons. The second kappa shape index (κ2) is 6.19. The van der Waals surface area contributed by atoms with Crippen LogP contribution in [0, 0.1) is 0 Å². The maximum absolute atomic E-state index is 8.99. The lowest BCUT2D eigenvalue weighted by Crippen LogP contribution is -2.00. The molecule has 2 aromatic rings. The van der Waals surface area contributed by atoms with Crippen LogP contribution >= 0.6 is 27.3 Å². The predicted molar refractivity (Wildman–Crippen MR) is 73.6 cm³/mol. The molecule has 0 unspecified atom stereocenters. The molecule has 0 saturated heterocycles. The minimum atomic E-state index is 0.0497. The summed E-state index contributed by atoms with van der Waals surface area (Å²) < 4.78 is 6.57. The fraction of sp³-hybridized carbons (Fsp3) is 0.231. The maximum Gasteiger partial charge on any atom is 0.133 e. The number of aliphatic hydroxyl groups excluding tert-OH is 1. The van der Waals surface area contributed by atoms with Crippen molar-refractivity contribution in [3.8, 4) is 5.75 Å². The topological polar surface area (TPSA) is 29.5 Å². The second-order valence-corrected chi connectivity index (χ2v) is 5.49. The Balaban J connectivity index is 1.90. The van der Waals surface area contributed by atoms with Gasteiger partial charge in [-0.25, -0.2) is 0 Å². The Morgan fingerprint density at radius 3 is 2.82 bits per heavy atom. The largest absolute Gasteiger partial charge is 0.492 e. The second-order valence-electron chi connectivity index (χ2n) is 3.60. The average Bonchev–Trinajstić information content (AvgIpc) is 2.84. The molecule has 1 N–H and O–H groups in total. The van der Waals surface area contributed by atoms with E-state index in [2.05, 4.69) is 27.4 Å². The van der Waals surface area contributed by atoms with Gasteiger partial charge in [-0.05, 0) is 45.1 Å². The molecule has 2 rings (SSSR count). The van der Waals surface area contributed by atoms with Crippen LogP contribution in [0.3, 0.4) is 0 Å².